The van der Waals surface area contributed by atoms with Crippen molar-refractivity contribution in [2.24, 2.45) is 5.92 Å². The van der Waals surface area contributed by atoms with E-state index in [1.807, 2.05) is 23.1 Å². The van der Waals surface area contributed by atoms with Gasteiger partial charge < -0.3 is 24.2 Å². The number of hydrogen-bond acceptors (Lipinski definition) is 6. The van der Waals surface area contributed by atoms with E-state index >= 15 is 0 Å². The van der Waals surface area contributed by atoms with Crippen LogP contribution in [0.1, 0.15) is 44.5 Å². The number of methoxy groups -OCH3 is 1. The van der Waals surface area contributed by atoms with Gasteiger partial charge in [0.15, 0.2) is 0 Å². The van der Waals surface area contributed by atoms with Crippen LogP contribution in [0.15, 0.2) is 24.3 Å². The number of nitrogens with zero attached hydrogens (tertiary/aromatic N) is 2. The Labute approximate surface area is 187 Å². The molecule has 2 rings (SSSR count). The molecule has 0 aliphatic carbocycles. The van der Waals surface area contributed by atoms with Gasteiger partial charge in [0.1, 0.15) is 5.75 Å². The Hall–Kier alpha value is -1.67. The molecule has 1 aromatic rings. The van der Waals surface area contributed by atoms with E-state index in [-0.39, 0.29) is 18.1 Å². The summed E-state index contributed by atoms with van der Waals surface area (Å²) >= 11 is 0. The van der Waals surface area contributed by atoms with Crippen molar-refractivity contribution < 1.29 is 24.1 Å². The summed E-state index contributed by atoms with van der Waals surface area (Å²) in [7, 11) is 1.58. The van der Waals surface area contributed by atoms with E-state index in [1.54, 1.807) is 13.2 Å². The first-order valence-corrected chi connectivity index (χ1v) is 11.4. The minimum absolute atomic E-state index is 0.0466. The van der Waals surface area contributed by atoms with Gasteiger partial charge in [0.05, 0.1) is 38.1 Å². The van der Waals surface area contributed by atoms with Crippen LogP contribution in [-0.2, 0) is 9.47 Å². The standard InChI is InChI=1S/C24H40N2O5/c1-6-19(4)26(24(28)22-9-7-8-10-23(22)29-5)15-21-14-25(11-12-31-21)13-20(27)17-30-16-18(2)3/h7-10,18-21,27H,6,11-17H2,1-5H3. The first-order valence-electron chi connectivity index (χ1n) is 11.4. The maximum absolute atomic E-state index is 13.4. The minimum atomic E-state index is -0.529. The zero-order chi connectivity index (χ0) is 22.8. The lowest BCUT2D eigenvalue weighted by Gasteiger charge is -2.38. The van der Waals surface area contributed by atoms with Crippen molar-refractivity contribution in [1.82, 2.24) is 9.80 Å². The van der Waals surface area contributed by atoms with Crippen molar-refractivity contribution in [3.05, 3.63) is 29.8 Å². The quantitative estimate of drug-likeness (QED) is 0.543. The molecule has 0 aromatic heterocycles. The molecule has 0 spiro atoms. The average molecular weight is 437 g/mol. The van der Waals surface area contributed by atoms with Crippen molar-refractivity contribution in [1.29, 1.82) is 0 Å². The van der Waals surface area contributed by atoms with E-state index in [4.69, 9.17) is 14.2 Å². The van der Waals surface area contributed by atoms with Crippen LogP contribution >= 0.6 is 0 Å². The topological polar surface area (TPSA) is 71.5 Å². The molecule has 7 heteroatoms. The van der Waals surface area contributed by atoms with Crippen molar-refractivity contribution in [3.63, 3.8) is 0 Å². The number of carbonyl (C=O) groups is 1. The fourth-order valence-corrected chi connectivity index (χ4v) is 3.73. The van der Waals surface area contributed by atoms with Gasteiger partial charge in [-0.2, -0.15) is 0 Å². The Morgan fingerprint density at radius 2 is 2.03 bits per heavy atom. The molecule has 0 saturated carbocycles. The van der Waals surface area contributed by atoms with Crippen LogP contribution in [0.3, 0.4) is 0 Å². The third-order valence-corrected chi connectivity index (χ3v) is 5.57. The molecule has 1 saturated heterocycles. The molecule has 1 aliphatic rings. The predicted molar refractivity (Wildman–Crippen MR) is 122 cm³/mol. The molecule has 0 bridgehead atoms. The van der Waals surface area contributed by atoms with Crippen molar-refractivity contribution >= 4 is 5.91 Å². The number of β-amino-alcohol motifs (C(OH)–C–C–N with tert-alkyl or cyclic N) is 1. The van der Waals surface area contributed by atoms with Gasteiger partial charge >= 0.3 is 0 Å². The van der Waals surface area contributed by atoms with E-state index in [2.05, 4.69) is 32.6 Å². The zero-order valence-electron chi connectivity index (χ0n) is 19.8. The fourth-order valence-electron chi connectivity index (χ4n) is 3.73. The molecule has 3 unspecified atom stereocenters. The van der Waals surface area contributed by atoms with Crippen molar-refractivity contribution in [3.8, 4) is 5.75 Å². The second-order valence-electron chi connectivity index (χ2n) is 8.75. The molecule has 1 heterocycles. The third kappa shape index (κ3) is 8.07. The number of carbonyl (C=O) groups excluding carboxylic acids is 1. The molecule has 1 amide bonds. The monoisotopic (exact) mass is 436 g/mol. The molecular weight excluding hydrogens is 396 g/mol. The smallest absolute Gasteiger partial charge is 0.257 e. The molecule has 1 fully saturated rings. The SMILES string of the molecule is CCC(C)N(CC1CN(CC(O)COCC(C)C)CCO1)C(=O)c1ccccc1OC. The summed E-state index contributed by atoms with van der Waals surface area (Å²) < 4.78 is 17.0. The molecule has 1 aromatic carbocycles. The Bertz CT molecular complexity index is 669. The number of ether oxygens (including phenoxy) is 3. The highest BCUT2D eigenvalue weighted by molar-refractivity contribution is 5.97. The summed E-state index contributed by atoms with van der Waals surface area (Å²) in [5.74, 6) is 0.985. The number of morpholine rings is 1. The third-order valence-electron chi connectivity index (χ3n) is 5.57. The second-order valence-corrected chi connectivity index (χ2v) is 8.75. The van der Waals surface area contributed by atoms with E-state index in [1.165, 1.54) is 0 Å². The number of aliphatic hydroxyl groups excluding tert-OH is 1. The molecule has 7 nitrogen and oxygen atoms in total. The van der Waals surface area contributed by atoms with Crippen LogP contribution in [0, 0.1) is 5.92 Å². The highest BCUT2D eigenvalue weighted by atomic mass is 16.5. The maximum atomic E-state index is 13.4. The fraction of sp³-hybridized carbons (Fsp3) is 0.708. The summed E-state index contributed by atoms with van der Waals surface area (Å²) in [6, 6.07) is 7.40. The molecule has 31 heavy (non-hydrogen) atoms. The van der Waals surface area contributed by atoms with Gasteiger partial charge in [0, 0.05) is 38.8 Å². The van der Waals surface area contributed by atoms with Gasteiger partial charge in [-0.05, 0) is 31.4 Å². The normalized spacial score (nSPS) is 19.3. The molecule has 1 N–H and O–H groups in total. The average Bonchev–Trinajstić information content (AvgIpc) is 2.76. The summed E-state index contributed by atoms with van der Waals surface area (Å²) in [5.41, 5.74) is 0.565. The summed E-state index contributed by atoms with van der Waals surface area (Å²) in [6.45, 7) is 12.4. The van der Waals surface area contributed by atoms with E-state index < -0.39 is 6.10 Å². The van der Waals surface area contributed by atoms with Crippen molar-refractivity contribution in [2.45, 2.75) is 52.4 Å². The predicted octanol–water partition coefficient (Wildman–Crippen LogP) is 2.67. The van der Waals surface area contributed by atoms with Crippen LogP contribution in [0.5, 0.6) is 5.75 Å². The zero-order valence-corrected chi connectivity index (χ0v) is 19.8. The molecule has 3 atom stereocenters. The molecule has 1 aliphatic heterocycles. The Kier molecular flexibility index (Phi) is 10.7. The lowest BCUT2D eigenvalue weighted by Crippen LogP contribution is -2.52. The summed E-state index contributed by atoms with van der Waals surface area (Å²) in [4.78, 5) is 17.4. The Morgan fingerprint density at radius 3 is 2.71 bits per heavy atom. The van der Waals surface area contributed by atoms with Gasteiger partial charge in [-0.3, -0.25) is 9.69 Å². The number of benzene rings is 1. The first kappa shape index (κ1) is 25.6. The Balaban J connectivity index is 1.98. The van der Waals surface area contributed by atoms with E-state index in [0.29, 0.717) is 56.7 Å². The number of hydrogen-bond donors (Lipinski definition) is 1. The van der Waals surface area contributed by atoms with Gasteiger partial charge in [0.2, 0.25) is 0 Å². The lowest BCUT2D eigenvalue weighted by atomic mass is 10.1. The van der Waals surface area contributed by atoms with Crippen LogP contribution in [0.4, 0.5) is 0 Å². The number of aliphatic hydroxyl groups is 1. The summed E-state index contributed by atoms with van der Waals surface area (Å²) in [6.07, 6.45) is 0.215. The molecular formula is C24H40N2O5. The molecule has 176 valence electrons. The van der Waals surface area contributed by atoms with Crippen LogP contribution in [0.25, 0.3) is 0 Å². The largest absolute Gasteiger partial charge is 0.496 e. The minimum Gasteiger partial charge on any atom is -0.496 e. The second kappa shape index (κ2) is 13.0. The van der Waals surface area contributed by atoms with E-state index in [9.17, 15) is 9.90 Å². The maximum Gasteiger partial charge on any atom is 0.257 e. The van der Waals surface area contributed by atoms with Crippen LogP contribution < -0.4 is 4.74 Å². The highest BCUT2D eigenvalue weighted by Gasteiger charge is 2.29. The van der Waals surface area contributed by atoms with Gasteiger partial charge in [-0.25, -0.2) is 0 Å². The lowest BCUT2D eigenvalue weighted by molar-refractivity contribution is -0.0620. The first-order chi connectivity index (χ1) is 14.8. The van der Waals surface area contributed by atoms with Gasteiger partial charge in [-0.15, -0.1) is 0 Å². The number of rotatable bonds is 12. The van der Waals surface area contributed by atoms with Crippen LogP contribution in [-0.4, -0.2) is 92.2 Å². The number of amides is 1. The van der Waals surface area contributed by atoms with Crippen molar-refractivity contribution in [2.75, 3.05) is 53.1 Å². The van der Waals surface area contributed by atoms with Gasteiger partial charge in [-0.1, -0.05) is 32.9 Å². The van der Waals surface area contributed by atoms with Crippen LogP contribution in [0.2, 0.25) is 0 Å². The highest BCUT2D eigenvalue weighted by Crippen LogP contribution is 2.22. The summed E-state index contributed by atoms with van der Waals surface area (Å²) in [5, 5.41) is 10.3. The van der Waals surface area contributed by atoms with Gasteiger partial charge in [0.25, 0.3) is 5.91 Å². The molecule has 0 radical (unpaired) electrons. The van der Waals surface area contributed by atoms with E-state index in [0.717, 1.165) is 13.0 Å². The Morgan fingerprint density at radius 1 is 1.29 bits per heavy atom. The number of para-hydroxylation sites is 1.